The molecule has 0 fully saturated rings. The van der Waals surface area contributed by atoms with Crippen molar-refractivity contribution in [2.75, 3.05) is 9.80 Å². The molecule has 5 heteroatoms. The second kappa shape index (κ2) is 15.9. The van der Waals surface area contributed by atoms with Gasteiger partial charge in [-0.15, -0.1) is 0 Å². The van der Waals surface area contributed by atoms with Crippen LogP contribution >= 0.6 is 0 Å². The predicted octanol–water partition coefficient (Wildman–Crippen LogP) is 16.1. The molecule has 352 valence electrons. The molecule has 4 nitrogen and oxygen atoms in total. The monoisotopic (exact) mass is 935 g/mol. The summed E-state index contributed by atoms with van der Waals surface area (Å²) in [7, 11) is 0. The van der Waals surface area contributed by atoms with Crippen molar-refractivity contribution in [1.82, 2.24) is 9.13 Å². The Morgan fingerprint density at radius 1 is 0.375 bits per heavy atom. The number of benzene rings is 9. The van der Waals surface area contributed by atoms with Crippen LogP contribution in [0.3, 0.4) is 0 Å². The van der Waals surface area contributed by atoms with Gasteiger partial charge in [-0.1, -0.05) is 172 Å². The van der Waals surface area contributed by atoms with Crippen molar-refractivity contribution in [3.8, 4) is 11.4 Å². The van der Waals surface area contributed by atoms with Gasteiger partial charge in [0.15, 0.2) is 0 Å². The van der Waals surface area contributed by atoms with Gasteiger partial charge in [0, 0.05) is 69.8 Å². The highest BCUT2D eigenvalue weighted by atomic mass is 15.2. The Labute approximate surface area is 427 Å². The number of rotatable bonds is 5. The van der Waals surface area contributed by atoms with Crippen molar-refractivity contribution in [2.24, 2.45) is 5.41 Å². The second-order valence-corrected chi connectivity index (χ2v) is 23.2. The van der Waals surface area contributed by atoms with Crippen LogP contribution in [0.4, 0.5) is 34.1 Å². The molecule has 0 N–H and O–H groups in total. The van der Waals surface area contributed by atoms with Gasteiger partial charge in [-0.25, -0.2) is 0 Å². The normalized spacial score (nSPS) is 14.2. The van der Waals surface area contributed by atoms with Crippen LogP contribution in [0, 0.1) is 5.41 Å². The quantitative estimate of drug-likeness (QED) is 0.160. The predicted molar refractivity (Wildman–Crippen MR) is 310 cm³/mol. The summed E-state index contributed by atoms with van der Waals surface area (Å²) in [6, 6.07) is 71.6. The van der Waals surface area contributed by atoms with E-state index < -0.39 is 11.8 Å². The SMILES string of the molecule is [2H]C([2H])(c1cc2c3c(c1)N(c1ccc(C(C)(C)C)cc1)c1cc(-n4c5ccccc5c5ccccc54)ccc1B3c1ccc(-n3c4ccccc4c4ccccc43)cc1N2c1ccc(C(C)(C)C)cc1)C(C)(C)C. The number of para-hydroxylation sites is 4. The average Bonchev–Trinajstić information content (AvgIpc) is 3.93. The highest BCUT2D eigenvalue weighted by Gasteiger charge is 2.44. The number of hydrogen-bond donors (Lipinski definition) is 0. The van der Waals surface area contributed by atoms with Crippen molar-refractivity contribution in [3.63, 3.8) is 0 Å². The van der Waals surface area contributed by atoms with Crippen molar-refractivity contribution in [2.45, 2.75) is 79.5 Å². The fourth-order valence-corrected chi connectivity index (χ4v) is 11.9. The molecule has 11 aromatic rings. The third kappa shape index (κ3) is 6.95. The Morgan fingerprint density at radius 3 is 1.04 bits per heavy atom. The molecule has 0 saturated heterocycles. The van der Waals surface area contributed by atoms with E-state index in [2.05, 4.69) is 255 Å². The van der Waals surface area contributed by atoms with E-state index in [9.17, 15) is 2.74 Å². The van der Waals surface area contributed by atoms with Gasteiger partial charge in [0.2, 0.25) is 0 Å². The van der Waals surface area contributed by atoms with Crippen LogP contribution in [0.15, 0.2) is 194 Å². The minimum Gasteiger partial charge on any atom is -0.311 e. The van der Waals surface area contributed by atoms with Gasteiger partial charge in [-0.05, 0) is 141 Å². The Bertz CT molecular complexity index is 3710. The second-order valence-electron chi connectivity index (χ2n) is 23.2. The largest absolute Gasteiger partial charge is 0.311 e. The van der Waals surface area contributed by atoms with E-state index in [-0.39, 0.29) is 17.5 Å². The fraction of sp³-hybridized carbons (Fsp3) is 0.194. The van der Waals surface area contributed by atoms with Crippen LogP contribution in [-0.4, -0.2) is 15.8 Å². The van der Waals surface area contributed by atoms with Gasteiger partial charge in [0.25, 0.3) is 6.71 Å². The molecule has 0 radical (unpaired) electrons. The van der Waals surface area contributed by atoms with E-state index in [1.807, 2.05) is 20.8 Å². The van der Waals surface area contributed by atoms with Crippen molar-refractivity contribution < 1.29 is 2.74 Å². The maximum atomic E-state index is 10.1. The van der Waals surface area contributed by atoms with Crippen LogP contribution in [0.1, 0.15) is 81.7 Å². The highest BCUT2D eigenvalue weighted by molar-refractivity contribution is 7.00. The molecule has 0 atom stereocenters. The maximum absolute atomic E-state index is 10.1. The Balaban J connectivity index is 1.15. The maximum Gasteiger partial charge on any atom is 0.252 e. The summed E-state index contributed by atoms with van der Waals surface area (Å²) in [5.41, 5.74) is 18.8. The van der Waals surface area contributed by atoms with Crippen molar-refractivity contribution in [1.29, 1.82) is 0 Å². The molecule has 0 bridgehead atoms. The zero-order valence-electron chi connectivity index (χ0n) is 44.8. The van der Waals surface area contributed by atoms with E-state index in [1.165, 1.54) is 43.6 Å². The van der Waals surface area contributed by atoms with Gasteiger partial charge in [-0.2, -0.15) is 0 Å². The van der Waals surface area contributed by atoms with E-state index in [0.29, 0.717) is 5.56 Å². The molecule has 0 saturated carbocycles. The minimum absolute atomic E-state index is 0.0419. The topological polar surface area (TPSA) is 16.3 Å². The molecule has 13 rings (SSSR count). The molecule has 72 heavy (non-hydrogen) atoms. The lowest BCUT2D eigenvalue weighted by Gasteiger charge is -2.45. The molecule has 0 aliphatic carbocycles. The number of nitrogens with zero attached hydrogens (tertiary/aromatic N) is 4. The molecule has 0 amide bonds. The lowest BCUT2D eigenvalue weighted by molar-refractivity contribution is 0.411. The zero-order valence-corrected chi connectivity index (χ0v) is 42.8. The summed E-state index contributed by atoms with van der Waals surface area (Å²) in [5.74, 6) is 0. The number of anilines is 6. The number of hydrogen-bond acceptors (Lipinski definition) is 2. The van der Waals surface area contributed by atoms with Crippen LogP contribution in [0.2, 0.25) is 0 Å². The van der Waals surface area contributed by atoms with Gasteiger partial charge >= 0.3 is 0 Å². The van der Waals surface area contributed by atoms with E-state index in [4.69, 9.17) is 0 Å². The molecule has 2 aliphatic rings. The van der Waals surface area contributed by atoms with E-state index in [0.717, 1.165) is 73.0 Å². The first kappa shape index (κ1) is 42.0. The summed E-state index contributed by atoms with van der Waals surface area (Å²) >= 11 is 0. The Kier molecular flexibility index (Phi) is 9.25. The molecule has 4 heterocycles. The smallest absolute Gasteiger partial charge is 0.252 e. The molecule has 0 unspecified atom stereocenters. The van der Waals surface area contributed by atoms with Gasteiger partial charge in [0.05, 0.1) is 22.1 Å². The first-order valence-electron chi connectivity index (χ1n) is 26.6. The summed E-state index contributed by atoms with van der Waals surface area (Å²) in [4.78, 5) is 4.88. The standard InChI is InChI=1S/C67H61BN4/c1-65(2,3)42-43-38-62-64-63(39-43)70(47-32-28-45(29-33-47)67(7,8)9)61-41-49(72-58-24-16-12-20-52(58)53-21-13-17-25-59(53)72)35-37-55(61)68(64)54-36-34-48(40-60(54)69(62)46-30-26-44(27-31-46)66(4,5)6)71-56-22-14-10-18-50(56)51-19-11-15-23-57(51)71/h10-41H,42H2,1-9H3/i42D2. The molecule has 9 aromatic carbocycles. The van der Waals surface area contributed by atoms with Crippen LogP contribution in [0.5, 0.6) is 0 Å². The first-order chi connectivity index (χ1) is 35.4. The molecular weight excluding hydrogens is 872 g/mol. The summed E-state index contributed by atoms with van der Waals surface area (Å²) < 4.78 is 25.0. The summed E-state index contributed by atoms with van der Waals surface area (Å²) in [5, 5.41) is 4.87. The summed E-state index contributed by atoms with van der Waals surface area (Å²) in [6.45, 7) is 19.5. The first-order valence-corrected chi connectivity index (χ1v) is 25.6. The van der Waals surface area contributed by atoms with Crippen molar-refractivity contribution in [3.05, 3.63) is 211 Å². The van der Waals surface area contributed by atoms with Crippen LogP contribution < -0.4 is 26.2 Å². The summed E-state index contributed by atoms with van der Waals surface area (Å²) in [6.07, 6.45) is -1.71. The Hall–Kier alpha value is -7.76. The average molecular weight is 935 g/mol. The third-order valence-corrected chi connectivity index (χ3v) is 15.2. The fourth-order valence-electron chi connectivity index (χ4n) is 11.9. The molecular formula is C67H61BN4. The van der Waals surface area contributed by atoms with Crippen molar-refractivity contribution >= 4 is 101 Å². The molecule has 2 aliphatic heterocycles. The van der Waals surface area contributed by atoms with Crippen LogP contribution in [0.25, 0.3) is 55.0 Å². The molecule has 0 spiro atoms. The highest BCUT2D eigenvalue weighted by Crippen LogP contribution is 2.47. The van der Waals surface area contributed by atoms with Gasteiger partial charge < -0.3 is 18.9 Å². The zero-order chi connectivity index (χ0) is 51.2. The number of aromatic nitrogens is 2. The molecule has 2 aromatic heterocycles. The van der Waals surface area contributed by atoms with Crippen LogP contribution in [-0.2, 0) is 17.2 Å². The van der Waals surface area contributed by atoms with Gasteiger partial charge in [-0.3, -0.25) is 0 Å². The van der Waals surface area contributed by atoms with E-state index in [1.54, 1.807) is 0 Å². The lowest BCUT2D eigenvalue weighted by atomic mass is 9.33. The minimum atomic E-state index is -1.71. The van der Waals surface area contributed by atoms with Gasteiger partial charge in [0.1, 0.15) is 0 Å². The van der Waals surface area contributed by atoms with E-state index >= 15 is 0 Å². The Morgan fingerprint density at radius 2 is 0.708 bits per heavy atom. The lowest BCUT2D eigenvalue weighted by Crippen LogP contribution is -2.61. The third-order valence-electron chi connectivity index (χ3n) is 15.2. The number of fused-ring (bicyclic) bond motifs is 10.